The summed E-state index contributed by atoms with van der Waals surface area (Å²) in [5.41, 5.74) is 3.96. The second kappa shape index (κ2) is 8.59. The number of rotatable bonds is 5. The van der Waals surface area contributed by atoms with E-state index in [1.165, 1.54) is 0 Å². The van der Waals surface area contributed by atoms with Gasteiger partial charge in [0.15, 0.2) is 17.3 Å². The highest BCUT2D eigenvalue weighted by atomic mass is 35.5. The number of methoxy groups -OCH3 is 2. The molecule has 164 valence electrons. The number of benzene rings is 2. The highest BCUT2D eigenvalue weighted by Gasteiger charge is 2.21. The Morgan fingerprint density at radius 1 is 0.875 bits per heavy atom. The molecule has 0 saturated carbocycles. The van der Waals surface area contributed by atoms with Gasteiger partial charge in [0.05, 0.1) is 19.9 Å². The van der Waals surface area contributed by atoms with Gasteiger partial charge in [-0.25, -0.2) is 9.50 Å². The molecular formula is C24H24ClN5O2. The van der Waals surface area contributed by atoms with Gasteiger partial charge in [0, 0.05) is 54.8 Å². The number of halogens is 1. The van der Waals surface area contributed by atoms with Crippen molar-refractivity contribution in [2.24, 2.45) is 0 Å². The average molecular weight is 450 g/mol. The summed E-state index contributed by atoms with van der Waals surface area (Å²) in [6, 6.07) is 15.9. The van der Waals surface area contributed by atoms with Gasteiger partial charge in [0.25, 0.3) is 0 Å². The maximum Gasteiger partial charge on any atom is 0.161 e. The van der Waals surface area contributed by atoms with Gasteiger partial charge >= 0.3 is 0 Å². The molecule has 0 aliphatic carbocycles. The van der Waals surface area contributed by atoms with Crippen molar-refractivity contribution < 1.29 is 9.47 Å². The van der Waals surface area contributed by atoms with E-state index in [-0.39, 0.29) is 0 Å². The summed E-state index contributed by atoms with van der Waals surface area (Å²) in [5.74, 6) is 2.31. The molecule has 0 N–H and O–H groups in total. The molecule has 0 spiro atoms. The Kier molecular flexibility index (Phi) is 5.49. The van der Waals surface area contributed by atoms with E-state index in [0.717, 1.165) is 59.5 Å². The Bertz CT molecular complexity index is 1250. The van der Waals surface area contributed by atoms with Crippen molar-refractivity contribution in [2.75, 3.05) is 50.2 Å². The molecule has 2 aromatic carbocycles. The van der Waals surface area contributed by atoms with Crippen LogP contribution in [-0.2, 0) is 0 Å². The summed E-state index contributed by atoms with van der Waals surface area (Å²) in [5, 5.41) is 5.53. The van der Waals surface area contributed by atoms with E-state index in [2.05, 4.69) is 21.9 Å². The third kappa shape index (κ3) is 3.80. The number of aromatic nitrogens is 3. The quantitative estimate of drug-likeness (QED) is 0.450. The Balaban J connectivity index is 1.41. The summed E-state index contributed by atoms with van der Waals surface area (Å²) in [6.07, 6.45) is 3.68. The lowest BCUT2D eigenvalue weighted by Crippen LogP contribution is -2.47. The van der Waals surface area contributed by atoms with Crippen LogP contribution in [0.15, 0.2) is 60.9 Å². The zero-order chi connectivity index (χ0) is 22.1. The minimum atomic E-state index is 0.678. The topological polar surface area (TPSA) is 55.1 Å². The first kappa shape index (κ1) is 20.5. The van der Waals surface area contributed by atoms with Gasteiger partial charge in [-0.3, -0.25) is 0 Å². The van der Waals surface area contributed by atoms with Gasteiger partial charge in [-0.2, -0.15) is 5.10 Å². The summed E-state index contributed by atoms with van der Waals surface area (Å²) < 4.78 is 12.7. The predicted molar refractivity (Wildman–Crippen MR) is 127 cm³/mol. The van der Waals surface area contributed by atoms with Crippen LogP contribution in [0.3, 0.4) is 0 Å². The summed E-state index contributed by atoms with van der Waals surface area (Å²) in [7, 11) is 3.27. The highest BCUT2D eigenvalue weighted by Crippen LogP contribution is 2.33. The van der Waals surface area contributed by atoms with E-state index in [9.17, 15) is 0 Å². The van der Waals surface area contributed by atoms with Crippen molar-refractivity contribution in [3.63, 3.8) is 0 Å². The molecule has 7 nitrogen and oxygen atoms in total. The first-order chi connectivity index (χ1) is 15.7. The minimum Gasteiger partial charge on any atom is -0.493 e. The normalized spacial score (nSPS) is 14.1. The first-order valence-corrected chi connectivity index (χ1v) is 10.9. The number of ether oxygens (including phenoxy) is 2. The Morgan fingerprint density at radius 2 is 1.66 bits per heavy atom. The molecule has 1 saturated heterocycles. The van der Waals surface area contributed by atoms with E-state index in [0.29, 0.717) is 11.5 Å². The number of hydrogen-bond acceptors (Lipinski definition) is 6. The molecule has 4 aromatic rings. The van der Waals surface area contributed by atoms with Gasteiger partial charge in [-0.1, -0.05) is 17.7 Å². The predicted octanol–water partition coefficient (Wildman–Crippen LogP) is 4.39. The molecule has 0 bridgehead atoms. The molecule has 1 aliphatic heterocycles. The van der Waals surface area contributed by atoms with Gasteiger partial charge in [-0.05, 0) is 42.5 Å². The van der Waals surface area contributed by atoms with Crippen LogP contribution < -0.4 is 19.3 Å². The van der Waals surface area contributed by atoms with Crippen LogP contribution in [0.4, 0.5) is 11.5 Å². The molecule has 1 aliphatic rings. The number of anilines is 2. The smallest absolute Gasteiger partial charge is 0.161 e. The fourth-order valence-electron chi connectivity index (χ4n) is 4.14. The fraction of sp³-hybridized carbons (Fsp3) is 0.250. The van der Waals surface area contributed by atoms with Crippen molar-refractivity contribution in [2.45, 2.75) is 0 Å². The lowest BCUT2D eigenvalue weighted by molar-refractivity contribution is 0.355. The molecular weight excluding hydrogens is 426 g/mol. The molecule has 0 unspecified atom stereocenters. The monoisotopic (exact) mass is 449 g/mol. The van der Waals surface area contributed by atoms with Crippen LogP contribution in [0.1, 0.15) is 0 Å². The van der Waals surface area contributed by atoms with Crippen LogP contribution in [0.2, 0.25) is 5.02 Å². The maximum absolute atomic E-state index is 6.17. The fourth-order valence-corrected chi connectivity index (χ4v) is 4.32. The van der Waals surface area contributed by atoms with E-state index in [4.69, 9.17) is 31.2 Å². The standard InChI is InChI=1S/C24H24ClN5O2/c1-31-22-7-6-17(14-23(22)32-2)20-16-21-24(26-8-9-30(21)27-20)29-12-10-28(11-13-29)19-5-3-4-18(25)15-19/h3-9,14-16H,10-13H2,1-2H3. The summed E-state index contributed by atoms with van der Waals surface area (Å²) in [4.78, 5) is 9.36. The zero-order valence-electron chi connectivity index (χ0n) is 18.0. The van der Waals surface area contributed by atoms with Gasteiger partial charge in [-0.15, -0.1) is 0 Å². The highest BCUT2D eigenvalue weighted by molar-refractivity contribution is 6.30. The van der Waals surface area contributed by atoms with Crippen LogP contribution in [0.5, 0.6) is 11.5 Å². The maximum atomic E-state index is 6.17. The second-order valence-corrected chi connectivity index (χ2v) is 8.07. The number of fused-ring (bicyclic) bond motifs is 1. The van der Waals surface area contributed by atoms with E-state index < -0.39 is 0 Å². The van der Waals surface area contributed by atoms with Crippen LogP contribution in [0.25, 0.3) is 16.8 Å². The van der Waals surface area contributed by atoms with Crippen molar-refractivity contribution in [1.29, 1.82) is 0 Å². The third-order valence-electron chi connectivity index (χ3n) is 5.80. The van der Waals surface area contributed by atoms with Crippen LogP contribution >= 0.6 is 11.6 Å². The molecule has 32 heavy (non-hydrogen) atoms. The molecule has 3 heterocycles. The number of nitrogens with zero attached hydrogens (tertiary/aromatic N) is 5. The van der Waals surface area contributed by atoms with E-state index >= 15 is 0 Å². The Morgan fingerprint density at radius 3 is 2.41 bits per heavy atom. The number of hydrogen-bond donors (Lipinski definition) is 0. The lowest BCUT2D eigenvalue weighted by Gasteiger charge is -2.36. The zero-order valence-corrected chi connectivity index (χ0v) is 18.8. The first-order valence-electron chi connectivity index (χ1n) is 10.5. The molecule has 2 aromatic heterocycles. The minimum absolute atomic E-state index is 0.678. The SMILES string of the molecule is COc1ccc(-c2cc3c(N4CCN(c5cccc(Cl)c5)CC4)nccn3n2)cc1OC. The van der Waals surface area contributed by atoms with Crippen molar-refractivity contribution in [3.05, 3.63) is 65.9 Å². The Labute approximate surface area is 191 Å². The molecule has 0 atom stereocenters. The average Bonchev–Trinajstić information content (AvgIpc) is 3.28. The third-order valence-corrected chi connectivity index (χ3v) is 6.04. The number of piperazine rings is 1. The largest absolute Gasteiger partial charge is 0.493 e. The molecule has 0 amide bonds. The summed E-state index contributed by atoms with van der Waals surface area (Å²) in [6.45, 7) is 3.55. The van der Waals surface area contributed by atoms with Crippen molar-refractivity contribution in [1.82, 2.24) is 14.6 Å². The van der Waals surface area contributed by atoms with E-state index in [1.54, 1.807) is 20.4 Å². The molecule has 8 heteroatoms. The van der Waals surface area contributed by atoms with Crippen molar-refractivity contribution in [3.8, 4) is 22.8 Å². The molecule has 1 fully saturated rings. The van der Waals surface area contributed by atoms with Crippen molar-refractivity contribution >= 4 is 28.6 Å². The van der Waals surface area contributed by atoms with Gasteiger partial charge in [0.2, 0.25) is 0 Å². The Hall–Kier alpha value is -3.45. The van der Waals surface area contributed by atoms with Crippen LogP contribution in [-0.4, -0.2) is 55.0 Å². The van der Waals surface area contributed by atoms with E-state index in [1.807, 2.05) is 47.1 Å². The van der Waals surface area contributed by atoms with Gasteiger partial charge in [0.1, 0.15) is 5.52 Å². The summed E-state index contributed by atoms with van der Waals surface area (Å²) >= 11 is 6.17. The lowest BCUT2D eigenvalue weighted by atomic mass is 10.1. The van der Waals surface area contributed by atoms with Gasteiger partial charge < -0.3 is 19.3 Å². The molecule has 0 radical (unpaired) electrons. The second-order valence-electron chi connectivity index (χ2n) is 7.63. The molecule has 5 rings (SSSR count). The van der Waals surface area contributed by atoms with Crippen LogP contribution in [0, 0.1) is 0 Å².